The van der Waals surface area contributed by atoms with Crippen molar-refractivity contribution in [3.8, 4) is 5.69 Å². The van der Waals surface area contributed by atoms with Crippen molar-refractivity contribution in [2.24, 2.45) is 0 Å². The van der Waals surface area contributed by atoms with Crippen LogP contribution in [0.2, 0.25) is 5.02 Å². The number of carbonyl (C=O) groups excluding carboxylic acids is 1. The highest BCUT2D eigenvalue weighted by Gasteiger charge is 2.38. The molecule has 0 saturated heterocycles. The summed E-state index contributed by atoms with van der Waals surface area (Å²) in [5, 5.41) is 7.44. The Bertz CT molecular complexity index is 1240. The summed E-state index contributed by atoms with van der Waals surface area (Å²) in [6.07, 6.45) is -4.70. The SMILES string of the molecule is Cc1cc(NC(=O)Cn2c(C(F)(F)F)nc3ccccc32)n(-c2cccc(Cl)c2)n1. The lowest BCUT2D eigenvalue weighted by atomic mass is 10.3. The van der Waals surface area contributed by atoms with E-state index in [1.165, 1.54) is 16.8 Å². The minimum atomic E-state index is -4.70. The molecule has 0 spiro atoms. The summed E-state index contributed by atoms with van der Waals surface area (Å²) in [6, 6.07) is 14.6. The molecule has 2 heterocycles. The van der Waals surface area contributed by atoms with Gasteiger partial charge >= 0.3 is 6.18 Å². The molecule has 154 valence electrons. The highest BCUT2D eigenvalue weighted by Crippen LogP contribution is 2.31. The Morgan fingerprint density at radius 3 is 2.63 bits per heavy atom. The largest absolute Gasteiger partial charge is 0.449 e. The van der Waals surface area contributed by atoms with E-state index in [1.54, 1.807) is 49.4 Å². The molecular weight excluding hydrogens is 419 g/mol. The molecule has 30 heavy (non-hydrogen) atoms. The van der Waals surface area contributed by atoms with Crippen LogP contribution in [-0.4, -0.2) is 25.2 Å². The molecular formula is C20H15ClF3N5O. The van der Waals surface area contributed by atoms with Gasteiger partial charge in [0.05, 0.1) is 22.4 Å². The number of aryl methyl sites for hydroxylation is 1. The lowest BCUT2D eigenvalue weighted by Gasteiger charge is -2.13. The van der Waals surface area contributed by atoms with E-state index >= 15 is 0 Å². The predicted molar refractivity (Wildman–Crippen MR) is 107 cm³/mol. The third kappa shape index (κ3) is 3.88. The van der Waals surface area contributed by atoms with Gasteiger partial charge in [-0.1, -0.05) is 29.8 Å². The maximum Gasteiger partial charge on any atom is 0.449 e. The van der Waals surface area contributed by atoms with Gasteiger partial charge in [-0.05, 0) is 37.3 Å². The van der Waals surface area contributed by atoms with Crippen LogP contribution in [-0.2, 0) is 17.5 Å². The molecule has 0 radical (unpaired) electrons. The maximum absolute atomic E-state index is 13.4. The summed E-state index contributed by atoms with van der Waals surface area (Å²) in [6.45, 7) is 1.18. The van der Waals surface area contributed by atoms with Crippen molar-refractivity contribution in [1.29, 1.82) is 0 Å². The van der Waals surface area contributed by atoms with E-state index in [0.29, 0.717) is 22.2 Å². The highest BCUT2D eigenvalue weighted by atomic mass is 35.5. The highest BCUT2D eigenvalue weighted by molar-refractivity contribution is 6.30. The van der Waals surface area contributed by atoms with Crippen molar-refractivity contribution in [3.63, 3.8) is 0 Å². The van der Waals surface area contributed by atoms with Crippen LogP contribution in [0.3, 0.4) is 0 Å². The van der Waals surface area contributed by atoms with Crippen molar-refractivity contribution < 1.29 is 18.0 Å². The average Bonchev–Trinajstić information content (AvgIpc) is 3.22. The van der Waals surface area contributed by atoms with E-state index in [2.05, 4.69) is 15.4 Å². The number of fused-ring (bicyclic) bond motifs is 1. The van der Waals surface area contributed by atoms with Crippen molar-refractivity contribution in [1.82, 2.24) is 19.3 Å². The fourth-order valence-corrected chi connectivity index (χ4v) is 3.36. The van der Waals surface area contributed by atoms with Gasteiger partial charge in [-0.25, -0.2) is 9.67 Å². The number of nitrogens with zero attached hydrogens (tertiary/aromatic N) is 4. The maximum atomic E-state index is 13.4. The molecule has 2 aromatic carbocycles. The normalized spacial score (nSPS) is 11.8. The molecule has 1 N–H and O–H groups in total. The molecule has 0 aliphatic heterocycles. The number of hydrogen-bond donors (Lipinski definition) is 1. The lowest BCUT2D eigenvalue weighted by molar-refractivity contribution is -0.147. The second-order valence-electron chi connectivity index (χ2n) is 6.62. The Morgan fingerprint density at radius 1 is 1.13 bits per heavy atom. The summed E-state index contributed by atoms with van der Waals surface area (Å²) >= 11 is 6.02. The first-order chi connectivity index (χ1) is 14.2. The quantitative estimate of drug-likeness (QED) is 0.501. The summed E-state index contributed by atoms with van der Waals surface area (Å²) < 4.78 is 42.7. The first-order valence-electron chi connectivity index (χ1n) is 8.87. The Morgan fingerprint density at radius 2 is 1.90 bits per heavy atom. The van der Waals surface area contributed by atoms with Crippen LogP contribution in [0.5, 0.6) is 0 Å². The Hall–Kier alpha value is -3.33. The van der Waals surface area contributed by atoms with E-state index in [-0.39, 0.29) is 11.0 Å². The summed E-state index contributed by atoms with van der Waals surface area (Å²) in [4.78, 5) is 16.3. The van der Waals surface area contributed by atoms with Crippen molar-refractivity contribution >= 4 is 34.4 Å². The van der Waals surface area contributed by atoms with Crippen molar-refractivity contribution in [2.45, 2.75) is 19.6 Å². The Balaban J connectivity index is 1.66. The summed E-state index contributed by atoms with van der Waals surface area (Å²) in [5.74, 6) is -1.46. The molecule has 0 aliphatic rings. The second kappa shape index (κ2) is 7.49. The molecule has 0 atom stereocenters. The Labute approximate surface area is 173 Å². The van der Waals surface area contributed by atoms with Gasteiger partial charge in [-0.15, -0.1) is 0 Å². The zero-order valence-electron chi connectivity index (χ0n) is 15.6. The molecule has 0 fully saturated rings. The molecule has 0 unspecified atom stereocenters. The van der Waals surface area contributed by atoms with E-state index in [0.717, 1.165) is 4.57 Å². The van der Waals surface area contributed by atoms with Crippen LogP contribution in [0.1, 0.15) is 11.5 Å². The standard InChI is InChI=1S/C20H15ClF3N5O/c1-12-9-17(29(27-12)14-6-4-5-13(21)10-14)26-18(30)11-28-16-8-3-2-7-15(16)25-19(28)20(22,23)24/h2-10H,11H2,1H3,(H,26,30). The van der Waals surface area contributed by atoms with Gasteiger partial charge in [0.1, 0.15) is 12.4 Å². The number of carbonyl (C=O) groups is 1. The van der Waals surface area contributed by atoms with E-state index < -0.39 is 24.5 Å². The fraction of sp³-hybridized carbons (Fsp3) is 0.150. The molecule has 0 aliphatic carbocycles. The van der Waals surface area contributed by atoms with Gasteiger partial charge in [-0.3, -0.25) is 4.79 Å². The number of alkyl halides is 3. The molecule has 6 nitrogen and oxygen atoms in total. The third-order valence-electron chi connectivity index (χ3n) is 4.36. The predicted octanol–water partition coefficient (Wildman–Crippen LogP) is 4.84. The minimum Gasteiger partial charge on any atom is -0.311 e. The molecule has 0 bridgehead atoms. The third-order valence-corrected chi connectivity index (χ3v) is 4.60. The van der Waals surface area contributed by atoms with Gasteiger partial charge in [-0.2, -0.15) is 18.3 Å². The fourth-order valence-electron chi connectivity index (χ4n) is 3.17. The van der Waals surface area contributed by atoms with E-state index in [4.69, 9.17) is 11.6 Å². The number of anilines is 1. The summed E-state index contributed by atoms with van der Waals surface area (Å²) in [7, 11) is 0. The molecule has 0 saturated carbocycles. The molecule has 4 rings (SSSR count). The smallest absolute Gasteiger partial charge is 0.311 e. The molecule has 4 aromatic rings. The van der Waals surface area contributed by atoms with Crippen molar-refractivity contribution in [2.75, 3.05) is 5.32 Å². The lowest BCUT2D eigenvalue weighted by Crippen LogP contribution is -2.24. The van der Waals surface area contributed by atoms with E-state index in [9.17, 15) is 18.0 Å². The number of nitrogens with one attached hydrogen (secondary N) is 1. The van der Waals surface area contributed by atoms with Gasteiger partial charge in [0.15, 0.2) is 0 Å². The molecule has 2 aromatic heterocycles. The zero-order valence-corrected chi connectivity index (χ0v) is 16.4. The van der Waals surface area contributed by atoms with Crippen LogP contribution in [0.4, 0.5) is 19.0 Å². The van der Waals surface area contributed by atoms with Gasteiger partial charge in [0, 0.05) is 11.1 Å². The topological polar surface area (TPSA) is 64.7 Å². The first-order valence-corrected chi connectivity index (χ1v) is 9.25. The van der Waals surface area contributed by atoms with Crippen LogP contribution in [0, 0.1) is 6.92 Å². The number of imidazole rings is 1. The number of aromatic nitrogens is 4. The van der Waals surface area contributed by atoms with Crippen LogP contribution in [0.25, 0.3) is 16.7 Å². The van der Waals surface area contributed by atoms with Crippen molar-refractivity contribution in [3.05, 3.63) is 71.1 Å². The molecule has 1 amide bonds. The van der Waals surface area contributed by atoms with Gasteiger partial charge < -0.3 is 9.88 Å². The van der Waals surface area contributed by atoms with Gasteiger partial charge in [0.25, 0.3) is 0 Å². The number of rotatable bonds is 4. The zero-order chi connectivity index (χ0) is 21.5. The number of benzene rings is 2. The van der Waals surface area contributed by atoms with Crippen LogP contribution >= 0.6 is 11.6 Å². The number of halogens is 4. The Kier molecular flexibility index (Phi) is 4.98. The van der Waals surface area contributed by atoms with Crippen LogP contribution < -0.4 is 5.32 Å². The minimum absolute atomic E-state index is 0.164. The summed E-state index contributed by atoms with van der Waals surface area (Å²) in [5.41, 5.74) is 1.61. The van der Waals surface area contributed by atoms with E-state index in [1.807, 2.05) is 0 Å². The number of amides is 1. The van der Waals surface area contributed by atoms with Gasteiger partial charge in [0.2, 0.25) is 11.7 Å². The molecule has 10 heteroatoms. The van der Waals surface area contributed by atoms with Crippen LogP contribution in [0.15, 0.2) is 54.6 Å². The number of hydrogen-bond acceptors (Lipinski definition) is 3. The first kappa shape index (κ1) is 20.0. The second-order valence-corrected chi connectivity index (χ2v) is 7.06. The average molecular weight is 434 g/mol. The monoisotopic (exact) mass is 433 g/mol. The number of para-hydroxylation sites is 2.